The van der Waals surface area contributed by atoms with Crippen LogP contribution in [-0.2, 0) is 16.6 Å². The van der Waals surface area contributed by atoms with Gasteiger partial charge in [-0.2, -0.15) is 0 Å². The van der Waals surface area contributed by atoms with Crippen molar-refractivity contribution in [3.8, 4) is 10.6 Å². The summed E-state index contributed by atoms with van der Waals surface area (Å²) in [6.07, 6.45) is 2.71. The largest absolute Gasteiger partial charge is 0.355 e. The average Bonchev–Trinajstić information content (AvgIpc) is 3.04. The van der Waals surface area contributed by atoms with Gasteiger partial charge in [0, 0.05) is 16.8 Å². The molecule has 0 spiro atoms. The molecule has 1 aliphatic rings. The molecule has 0 radical (unpaired) electrons. The SMILES string of the molecule is Cc1nc(-c2cccs2)c(CC(=O)NCC2(c3ccccc3)CC2)s1. The maximum absolute atomic E-state index is 12.5. The van der Waals surface area contributed by atoms with Crippen LogP contribution in [-0.4, -0.2) is 17.4 Å². The molecule has 1 aromatic carbocycles. The standard InChI is InChI=1S/C20H20N2OS2/c1-14-22-19(16-8-5-11-24-16)17(25-14)12-18(23)21-13-20(9-10-20)15-6-3-2-4-7-15/h2-8,11H,9-10,12-13H2,1H3,(H,21,23). The summed E-state index contributed by atoms with van der Waals surface area (Å²) in [5, 5.41) is 6.21. The van der Waals surface area contributed by atoms with Gasteiger partial charge in [0.2, 0.25) is 5.91 Å². The predicted molar refractivity (Wildman–Crippen MR) is 104 cm³/mol. The van der Waals surface area contributed by atoms with Crippen LogP contribution in [0.2, 0.25) is 0 Å². The third kappa shape index (κ3) is 3.53. The highest BCUT2D eigenvalue weighted by molar-refractivity contribution is 7.15. The summed E-state index contributed by atoms with van der Waals surface area (Å²) in [7, 11) is 0. The zero-order chi connectivity index (χ0) is 17.3. The maximum atomic E-state index is 12.5. The normalized spacial score (nSPS) is 15.1. The van der Waals surface area contributed by atoms with Crippen LogP contribution >= 0.6 is 22.7 Å². The zero-order valence-corrected chi connectivity index (χ0v) is 15.8. The lowest BCUT2D eigenvalue weighted by Crippen LogP contribution is -2.33. The van der Waals surface area contributed by atoms with Crippen LogP contribution in [0.5, 0.6) is 0 Å². The highest BCUT2D eigenvalue weighted by Crippen LogP contribution is 2.47. The van der Waals surface area contributed by atoms with Crippen molar-refractivity contribution in [1.82, 2.24) is 10.3 Å². The fourth-order valence-corrected chi connectivity index (χ4v) is 4.94. The first-order valence-corrected chi connectivity index (χ1v) is 10.2. The first-order valence-electron chi connectivity index (χ1n) is 8.49. The molecule has 5 heteroatoms. The topological polar surface area (TPSA) is 42.0 Å². The molecule has 1 fully saturated rings. The van der Waals surface area contributed by atoms with Crippen molar-refractivity contribution in [3.63, 3.8) is 0 Å². The third-order valence-electron chi connectivity index (χ3n) is 4.74. The number of hydrogen-bond donors (Lipinski definition) is 1. The van der Waals surface area contributed by atoms with Crippen LogP contribution in [0.15, 0.2) is 47.8 Å². The average molecular weight is 369 g/mol. The van der Waals surface area contributed by atoms with Gasteiger partial charge in [0.05, 0.1) is 22.0 Å². The number of aryl methyl sites for hydroxylation is 1. The molecule has 1 amide bonds. The van der Waals surface area contributed by atoms with Gasteiger partial charge < -0.3 is 5.32 Å². The Morgan fingerprint density at radius 3 is 2.68 bits per heavy atom. The van der Waals surface area contributed by atoms with Gasteiger partial charge in [-0.1, -0.05) is 36.4 Å². The number of carbonyl (C=O) groups is 1. The lowest BCUT2D eigenvalue weighted by atomic mass is 9.96. The quantitative estimate of drug-likeness (QED) is 0.692. The monoisotopic (exact) mass is 368 g/mol. The molecule has 2 aromatic heterocycles. The number of hydrogen-bond acceptors (Lipinski definition) is 4. The van der Waals surface area contributed by atoms with E-state index in [4.69, 9.17) is 0 Å². The van der Waals surface area contributed by atoms with Gasteiger partial charge in [-0.25, -0.2) is 4.98 Å². The zero-order valence-electron chi connectivity index (χ0n) is 14.1. The Bertz CT molecular complexity index is 865. The van der Waals surface area contributed by atoms with E-state index in [9.17, 15) is 4.79 Å². The van der Waals surface area contributed by atoms with Crippen molar-refractivity contribution in [3.05, 3.63) is 63.3 Å². The smallest absolute Gasteiger partial charge is 0.225 e. The fraction of sp³-hybridized carbons (Fsp3) is 0.300. The Morgan fingerprint density at radius 2 is 2.00 bits per heavy atom. The third-order valence-corrected chi connectivity index (χ3v) is 6.59. The molecule has 1 saturated carbocycles. The molecule has 128 valence electrons. The molecular weight excluding hydrogens is 348 g/mol. The molecule has 1 N–H and O–H groups in total. The molecule has 0 atom stereocenters. The fourth-order valence-electron chi connectivity index (χ4n) is 3.18. The van der Waals surface area contributed by atoms with E-state index < -0.39 is 0 Å². The van der Waals surface area contributed by atoms with Gasteiger partial charge in [0.25, 0.3) is 0 Å². The van der Waals surface area contributed by atoms with E-state index >= 15 is 0 Å². The van der Waals surface area contributed by atoms with E-state index in [-0.39, 0.29) is 11.3 Å². The Balaban J connectivity index is 1.42. The Kier molecular flexibility index (Phi) is 4.44. The Morgan fingerprint density at radius 1 is 1.20 bits per heavy atom. The van der Waals surface area contributed by atoms with Gasteiger partial charge in [0.1, 0.15) is 0 Å². The molecule has 3 aromatic rings. The molecule has 1 aliphatic carbocycles. The number of amides is 1. The van der Waals surface area contributed by atoms with Gasteiger partial charge >= 0.3 is 0 Å². The van der Waals surface area contributed by atoms with Crippen LogP contribution in [0.1, 0.15) is 28.3 Å². The minimum Gasteiger partial charge on any atom is -0.355 e. The summed E-state index contributed by atoms with van der Waals surface area (Å²) in [5.74, 6) is 0.0867. The lowest BCUT2D eigenvalue weighted by Gasteiger charge is -2.16. The number of nitrogens with one attached hydrogen (secondary N) is 1. The van der Waals surface area contributed by atoms with E-state index in [1.54, 1.807) is 22.7 Å². The van der Waals surface area contributed by atoms with Gasteiger partial charge in [-0.3, -0.25) is 4.79 Å². The van der Waals surface area contributed by atoms with Crippen molar-refractivity contribution in [1.29, 1.82) is 0 Å². The first kappa shape index (κ1) is 16.5. The first-order chi connectivity index (χ1) is 12.2. The number of benzene rings is 1. The van der Waals surface area contributed by atoms with Crippen molar-refractivity contribution in [2.75, 3.05) is 6.54 Å². The molecule has 25 heavy (non-hydrogen) atoms. The molecule has 3 nitrogen and oxygen atoms in total. The molecule has 2 heterocycles. The van der Waals surface area contributed by atoms with Crippen molar-refractivity contribution < 1.29 is 4.79 Å². The van der Waals surface area contributed by atoms with Crippen LogP contribution in [0, 0.1) is 6.92 Å². The number of aromatic nitrogens is 1. The summed E-state index contributed by atoms with van der Waals surface area (Å²) < 4.78 is 0. The summed E-state index contributed by atoms with van der Waals surface area (Å²) in [6.45, 7) is 2.72. The van der Waals surface area contributed by atoms with E-state index in [0.29, 0.717) is 6.42 Å². The Labute approximate surface area is 155 Å². The van der Waals surface area contributed by atoms with Crippen LogP contribution in [0.4, 0.5) is 0 Å². The number of rotatable bonds is 6. The van der Waals surface area contributed by atoms with Crippen molar-refractivity contribution in [2.45, 2.75) is 31.6 Å². The maximum Gasteiger partial charge on any atom is 0.225 e. The lowest BCUT2D eigenvalue weighted by molar-refractivity contribution is -0.120. The van der Waals surface area contributed by atoms with Crippen LogP contribution in [0.25, 0.3) is 10.6 Å². The second kappa shape index (κ2) is 6.73. The summed E-state index contributed by atoms with van der Waals surface area (Å²) in [5.41, 5.74) is 2.46. The second-order valence-electron chi connectivity index (χ2n) is 6.58. The molecular formula is C20H20N2OS2. The number of thiazole rings is 1. The summed E-state index contributed by atoms with van der Waals surface area (Å²) in [6, 6.07) is 14.6. The van der Waals surface area contributed by atoms with Crippen LogP contribution < -0.4 is 5.32 Å². The molecule has 4 rings (SSSR count). The van der Waals surface area contributed by atoms with Crippen LogP contribution in [0.3, 0.4) is 0 Å². The van der Waals surface area contributed by atoms with E-state index in [2.05, 4.69) is 40.6 Å². The van der Waals surface area contributed by atoms with Crippen molar-refractivity contribution >= 4 is 28.6 Å². The molecule has 0 saturated heterocycles. The van der Waals surface area contributed by atoms with E-state index in [0.717, 1.165) is 39.8 Å². The Hall–Kier alpha value is -1.98. The number of carbonyl (C=O) groups excluding carboxylic acids is 1. The molecule has 0 bridgehead atoms. The predicted octanol–water partition coefficient (Wildman–Crippen LogP) is 4.57. The van der Waals surface area contributed by atoms with Gasteiger partial charge in [-0.15, -0.1) is 22.7 Å². The van der Waals surface area contributed by atoms with Gasteiger partial charge in [-0.05, 0) is 36.8 Å². The number of nitrogens with zero attached hydrogens (tertiary/aromatic N) is 1. The van der Waals surface area contributed by atoms with E-state index in [1.807, 2.05) is 24.4 Å². The summed E-state index contributed by atoms with van der Waals surface area (Å²) in [4.78, 5) is 19.3. The van der Waals surface area contributed by atoms with Gasteiger partial charge in [0.15, 0.2) is 0 Å². The minimum atomic E-state index is 0.0867. The van der Waals surface area contributed by atoms with E-state index in [1.165, 1.54) is 5.56 Å². The molecule has 0 aliphatic heterocycles. The van der Waals surface area contributed by atoms with Crippen molar-refractivity contribution in [2.24, 2.45) is 0 Å². The second-order valence-corrected chi connectivity index (χ2v) is 8.82. The molecule has 0 unspecified atom stereocenters. The summed E-state index contributed by atoms with van der Waals surface area (Å²) >= 11 is 3.29. The number of thiophene rings is 1. The highest BCUT2D eigenvalue weighted by atomic mass is 32.1. The highest BCUT2D eigenvalue weighted by Gasteiger charge is 2.44. The minimum absolute atomic E-state index is 0.0867.